The molecule has 0 saturated carbocycles. The topological polar surface area (TPSA) is 111 Å². The fraction of sp³-hybridized carbons (Fsp3) is 0.379. The van der Waals surface area contributed by atoms with Gasteiger partial charge in [-0.15, -0.1) is 0 Å². The first kappa shape index (κ1) is 26.0. The highest BCUT2D eigenvalue weighted by Gasteiger charge is 2.47. The predicted octanol–water partition coefficient (Wildman–Crippen LogP) is 3.99. The molecule has 3 heterocycles. The molecule has 1 amide bonds. The summed E-state index contributed by atoms with van der Waals surface area (Å²) in [7, 11) is 0. The zero-order chi connectivity index (χ0) is 26.5. The molecule has 0 aliphatic carbocycles. The van der Waals surface area contributed by atoms with Crippen LogP contribution in [0, 0.1) is 6.92 Å². The minimum atomic E-state index is -0.717. The number of fused-ring (bicyclic) bond motifs is 2. The van der Waals surface area contributed by atoms with E-state index in [4.69, 9.17) is 19.0 Å². The number of carbonyl (C=O) groups is 2. The van der Waals surface area contributed by atoms with Gasteiger partial charge in [-0.25, -0.2) is 15.1 Å². The minimum Gasteiger partial charge on any atom is -0.427 e. The monoisotopic (exact) mass is 519 g/mol. The molecule has 5 rings (SSSR count). The molecule has 1 aromatic heterocycles. The Bertz CT molecular complexity index is 1300. The van der Waals surface area contributed by atoms with Crippen LogP contribution < -0.4 is 10.8 Å². The van der Waals surface area contributed by atoms with Gasteiger partial charge >= 0.3 is 6.16 Å². The molecular weight excluding hydrogens is 486 g/mol. The molecule has 38 heavy (non-hydrogen) atoms. The second-order valence-electron chi connectivity index (χ2n) is 9.70. The number of hydrogen-bond acceptors (Lipinski definition) is 7. The molecule has 1 unspecified atom stereocenters. The Morgan fingerprint density at radius 1 is 1.13 bits per heavy atom. The van der Waals surface area contributed by atoms with Gasteiger partial charge in [0.25, 0.3) is 5.91 Å². The average Bonchev–Trinajstić information content (AvgIpc) is 3.44. The van der Waals surface area contributed by atoms with E-state index in [1.807, 2.05) is 0 Å². The number of H-pyrrole nitrogens is 1. The summed E-state index contributed by atoms with van der Waals surface area (Å²) in [6.07, 6.45) is 2.38. The molecule has 0 bridgehead atoms. The highest BCUT2D eigenvalue weighted by molar-refractivity contribution is 5.86. The van der Waals surface area contributed by atoms with E-state index in [0.29, 0.717) is 6.42 Å². The molecule has 9 nitrogen and oxygen atoms in total. The lowest BCUT2D eigenvalue weighted by Gasteiger charge is -2.32. The standard InChI is InChI=1S/C29H33N3O6/c1-18-22(23-7-3-4-8-24(23)31-18)14-15-30-17-21-12-10-20(11-13-21)6-5-9-26(33)32-38-27-16-25-28(19(2)35-27)37-29(34)36-25/h3-5,7-13,19,25,27-28,30-31H,6,14-17H2,1-2H3,(H,32,33)/b9-5+/t19-,25-,27-,28?/m0/s1. The van der Waals surface area contributed by atoms with Gasteiger partial charge in [-0.2, -0.15) is 0 Å². The average molecular weight is 520 g/mol. The van der Waals surface area contributed by atoms with E-state index in [0.717, 1.165) is 25.1 Å². The van der Waals surface area contributed by atoms with E-state index in [1.54, 1.807) is 13.0 Å². The number of ether oxygens (including phenoxy) is 3. The summed E-state index contributed by atoms with van der Waals surface area (Å²) in [4.78, 5) is 32.2. The molecule has 2 aromatic carbocycles. The van der Waals surface area contributed by atoms with E-state index in [2.05, 4.69) is 71.2 Å². The number of carbonyl (C=O) groups excluding carboxylic acids is 2. The molecule has 0 spiro atoms. The van der Waals surface area contributed by atoms with Gasteiger partial charge in [0.05, 0.1) is 6.10 Å². The van der Waals surface area contributed by atoms with E-state index >= 15 is 0 Å². The van der Waals surface area contributed by atoms with Crippen LogP contribution in [0.3, 0.4) is 0 Å². The fourth-order valence-corrected chi connectivity index (χ4v) is 4.98. The number of benzene rings is 2. The summed E-state index contributed by atoms with van der Waals surface area (Å²) in [5, 5.41) is 4.83. The molecule has 2 aliphatic rings. The number of allylic oxidation sites excluding steroid dienone is 1. The number of aromatic nitrogens is 1. The Morgan fingerprint density at radius 2 is 1.92 bits per heavy atom. The van der Waals surface area contributed by atoms with Crippen molar-refractivity contribution in [3.05, 3.63) is 83.1 Å². The Morgan fingerprint density at radius 3 is 2.76 bits per heavy atom. The van der Waals surface area contributed by atoms with Gasteiger partial charge in [0, 0.05) is 35.6 Å². The lowest BCUT2D eigenvalue weighted by molar-refractivity contribution is -0.245. The highest BCUT2D eigenvalue weighted by atomic mass is 16.8. The van der Waals surface area contributed by atoms with E-state index in [-0.39, 0.29) is 12.5 Å². The van der Waals surface area contributed by atoms with Crippen LogP contribution in [-0.4, -0.2) is 48.2 Å². The second kappa shape index (κ2) is 11.8. The van der Waals surface area contributed by atoms with Crippen molar-refractivity contribution in [1.29, 1.82) is 0 Å². The number of para-hydroxylation sites is 1. The first-order chi connectivity index (χ1) is 18.5. The molecule has 2 saturated heterocycles. The van der Waals surface area contributed by atoms with Gasteiger partial charge in [0.15, 0.2) is 12.4 Å². The SMILES string of the molecule is Cc1[nH]c2ccccc2c1CCNCc1ccc(C/C=C/C(=O)NO[C@H]2C[C@@H]3OC(=O)OC3[C@H](C)O2)cc1. The van der Waals surface area contributed by atoms with Crippen LogP contribution >= 0.6 is 0 Å². The first-order valence-electron chi connectivity index (χ1n) is 13.0. The van der Waals surface area contributed by atoms with Crippen LogP contribution in [0.15, 0.2) is 60.7 Å². The van der Waals surface area contributed by atoms with Gasteiger partial charge < -0.3 is 24.5 Å². The van der Waals surface area contributed by atoms with Gasteiger partial charge in [-0.05, 0) is 56.0 Å². The third kappa shape index (κ3) is 6.24. The molecular formula is C29H33N3O6. The Balaban J connectivity index is 1.00. The first-order valence-corrected chi connectivity index (χ1v) is 13.0. The van der Waals surface area contributed by atoms with E-state index in [9.17, 15) is 9.59 Å². The number of aryl methyl sites for hydroxylation is 1. The van der Waals surface area contributed by atoms with E-state index in [1.165, 1.54) is 33.8 Å². The highest BCUT2D eigenvalue weighted by Crippen LogP contribution is 2.30. The van der Waals surface area contributed by atoms with Crippen LogP contribution in [0.1, 0.15) is 35.7 Å². The van der Waals surface area contributed by atoms with Crippen LogP contribution in [0.4, 0.5) is 4.79 Å². The van der Waals surface area contributed by atoms with Crippen molar-refractivity contribution in [2.24, 2.45) is 0 Å². The smallest absolute Gasteiger partial charge is 0.427 e. The summed E-state index contributed by atoms with van der Waals surface area (Å²) in [6.45, 7) is 5.59. The third-order valence-corrected chi connectivity index (χ3v) is 6.94. The molecule has 2 aliphatic heterocycles. The summed E-state index contributed by atoms with van der Waals surface area (Å²) in [5.41, 5.74) is 8.47. The zero-order valence-electron chi connectivity index (χ0n) is 21.6. The summed E-state index contributed by atoms with van der Waals surface area (Å²) < 4.78 is 15.8. The zero-order valence-corrected chi connectivity index (χ0v) is 21.6. The lowest BCUT2D eigenvalue weighted by atomic mass is 10.0. The maximum absolute atomic E-state index is 12.1. The Kier molecular flexibility index (Phi) is 8.07. The summed E-state index contributed by atoms with van der Waals surface area (Å²) >= 11 is 0. The number of aromatic amines is 1. The van der Waals surface area contributed by atoms with Crippen molar-refractivity contribution in [1.82, 2.24) is 15.8 Å². The van der Waals surface area contributed by atoms with Gasteiger partial charge in [-0.1, -0.05) is 48.5 Å². The molecule has 200 valence electrons. The second-order valence-corrected chi connectivity index (χ2v) is 9.70. The third-order valence-electron chi connectivity index (χ3n) is 6.94. The van der Waals surface area contributed by atoms with Crippen molar-refractivity contribution >= 4 is 23.0 Å². The predicted molar refractivity (Wildman–Crippen MR) is 141 cm³/mol. The number of hydroxylamine groups is 1. The van der Waals surface area contributed by atoms with Crippen LogP contribution in [0.2, 0.25) is 0 Å². The van der Waals surface area contributed by atoms with Gasteiger partial charge in [0.1, 0.15) is 6.10 Å². The van der Waals surface area contributed by atoms with Crippen LogP contribution in [-0.2, 0) is 43.2 Å². The molecule has 0 radical (unpaired) electrons. The number of nitrogens with one attached hydrogen (secondary N) is 3. The van der Waals surface area contributed by atoms with Gasteiger partial charge in [-0.3, -0.25) is 4.79 Å². The molecule has 4 atom stereocenters. The van der Waals surface area contributed by atoms with Crippen molar-refractivity contribution < 1.29 is 28.6 Å². The largest absolute Gasteiger partial charge is 0.509 e. The summed E-state index contributed by atoms with van der Waals surface area (Å²) in [5.74, 6) is -0.394. The fourth-order valence-electron chi connectivity index (χ4n) is 4.98. The number of rotatable bonds is 10. The van der Waals surface area contributed by atoms with Crippen LogP contribution in [0.25, 0.3) is 10.9 Å². The molecule has 3 N–H and O–H groups in total. The van der Waals surface area contributed by atoms with Crippen molar-refractivity contribution in [3.8, 4) is 0 Å². The summed E-state index contributed by atoms with van der Waals surface area (Å²) in [6, 6.07) is 16.8. The maximum atomic E-state index is 12.1. The molecule has 3 aromatic rings. The number of hydrogen-bond donors (Lipinski definition) is 3. The molecule has 2 fully saturated rings. The quantitative estimate of drug-likeness (QED) is 0.161. The number of amides is 1. The van der Waals surface area contributed by atoms with Crippen molar-refractivity contribution in [3.63, 3.8) is 0 Å². The van der Waals surface area contributed by atoms with Crippen LogP contribution in [0.5, 0.6) is 0 Å². The van der Waals surface area contributed by atoms with Crippen molar-refractivity contribution in [2.45, 2.75) is 64.3 Å². The Hall–Kier alpha value is -3.66. The maximum Gasteiger partial charge on any atom is 0.509 e. The van der Waals surface area contributed by atoms with E-state index < -0.39 is 30.6 Å². The lowest BCUT2D eigenvalue weighted by Crippen LogP contribution is -2.47. The normalized spacial score (nSPS) is 22.8. The molecule has 9 heteroatoms. The van der Waals surface area contributed by atoms with Crippen molar-refractivity contribution in [2.75, 3.05) is 6.54 Å². The Labute approximate surface area is 221 Å². The minimum absolute atomic E-state index is 0.286. The van der Waals surface area contributed by atoms with Gasteiger partial charge in [0.2, 0.25) is 0 Å².